The van der Waals surface area contributed by atoms with E-state index in [2.05, 4.69) is 16.0 Å². The maximum absolute atomic E-state index is 12.8. The minimum absolute atomic E-state index is 0.0531. The fourth-order valence-corrected chi connectivity index (χ4v) is 1.49. The van der Waals surface area contributed by atoms with Crippen LogP contribution in [0.1, 0.15) is 6.42 Å². The summed E-state index contributed by atoms with van der Waals surface area (Å²) in [4.78, 5) is 7.34. The lowest BCUT2D eigenvalue weighted by molar-refractivity contribution is 0.254. The Morgan fingerprint density at radius 1 is 1.61 bits per heavy atom. The zero-order valence-corrected chi connectivity index (χ0v) is 9.51. The van der Waals surface area contributed by atoms with E-state index >= 15 is 0 Å². The molecule has 0 spiro atoms. The molecule has 0 saturated carbocycles. The Labute approximate surface area is 103 Å². The molecular weight excluding hydrogens is 235 g/mol. The lowest BCUT2D eigenvalue weighted by Crippen LogP contribution is -2.13. The average molecular weight is 246 g/mol. The summed E-state index contributed by atoms with van der Waals surface area (Å²) in [5, 5.41) is 8.67. The molecule has 0 fully saturated rings. The molecule has 6 heteroatoms. The quantitative estimate of drug-likeness (QED) is 0.875. The average Bonchev–Trinajstić information content (AvgIpc) is 2.41. The van der Waals surface area contributed by atoms with Crippen molar-refractivity contribution in [2.24, 2.45) is 5.92 Å². The summed E-state index contributed by atoms with van der Waals surface area (Å²) in [6.45, 7) is 0.358. The number of anilines is 1. The van der Waals surface area contributed by atoms with Crippen LogP contribution in [0.4, 0.5) is 10.2 Å². The first-order chi connectivity index (χ1) is 8.69. The molecule has 1 aliphatic rings. The van der Waals surface area contributed by atoms with Crippen molar-refractivity contribution < 1.29 is 9.13 Å². The topological polar surface area (TPSA) is 84.8 Å². The van der Waals surface area contributed by atoms with Crippen molar-refractivity contribution in [1.82, 2.24) is 9.97 Å². The molecule has 2 rings (SSSR count). The predicted octanol–water partition coefficient (Wildman–Crippen LogP) is 1.60. The highest BCUT2D eigenvalue weighted by molar-refractivity contribution is 5.35. The van der Waals surface area contributed by atoms with Gasteiger partial charge in [-0.3, -0.25) is 0 Å². The standard InChI is InChI=1S/C12H11FN4O/c13-10-6-16-12(17-11(10)15)18-7-9-3-1-8(5-14)2-4-9/h1-3,6,9H,4,7H2,(H2,15,16,17). The van der Waals surface area contributed by atoms with Gasteiger partial charge in [0.2, 0.25) is 0 Å². The molecule has 2 N–H and O–H groups in total. The number of allylic oxidation sites excluding steroid dienone is 3. The van der Waals surface area contributed by atoms with Crippen LogP contribution >= 0.6 is 0 Å². The third-order valence-electron chi connectivity index (χ3n) is 2.49. The molecular formula is C12H11FN4O. The maximum Gasteiger partial charge on any atom is 0.318 e. The number of aromatic nitrogens is 2. The summed E-state index contributed by atoms with van der Waals surface area (Å²) in [5.74, 6) is -0.746. The lowest BCUT2D eigenvalue weighted by Gasteiger charge is -2.14. The van der Waals surface area contributed by atoms with E-state index in [1.165, 1.54) is 0 Å². The normalized spacial score (nSPS) is 18.0. The molecule has 1 aromatic rings. The van der Waals surface area contributed by atoms with Crippen molar-refractivity contribution in [3.8, 4) is 12.1 Å². The van der Waals surface area contributed by atoms with Crippen LogP contribution in [0.25, 0.3) is 0 Å². The van der Waals surface area contributed by atoms with Gasteiger partial charge in [-0.15, -0.1) is 0 Å². The Morgan fingerprint density at radius 2 is 2.44 bits per heavy atom. The molecule has 92 valence electrons. The van der Waals surface area contributed by atoms with Crippen molar-refractivity contribution >= 4 is 5.82 Å². The van der Waals surface area contributed by atoms with Crippen LogP contribution in [0.5, 0.6) is 6.01 Å². The van der Waals surface area contributed by atoms with Crippen LogP contribution in [-0.2, 0) is 0 Å². The zero-order chi connectivity index (χ0) is 13.0. The van der Waals surface area contributed by atoms with E-state index in [0.29, 0.717) is 12.2 Å². The number of rotatable bonds is 3. The highest BCUT2D eigenvalue weighted by Crippen LogP contribution is 2.17. The zero-order valence-electron chi connectivity index (χ0n) is 9.51. The highest BCUT2D eigenvalue weighted by atomic mass is 19.1. The van der Waals surface area contributed by atoms with Gasteiger partial charge in [-0.05, 0) is 12.5 Å². The molecule has 18 heavy (non-hydrogen) atoms. The van der Waals surface area contributed by atoms with Gasteiger partial charge in [0.25, 0.3) is 0 Å². The number of nitriles is 1. The first-order valence-corrected chi connectivity index (χ1v) is 5.38. The summed E-state index contributed by atoms with van der Waals surface area (Å²) in [6.07, 6.45) is 7.18. The van der Waals surface area contributed by atoms with Crippen molar-refractivity contribution in [2.45, 2.75) is 6.42 Å². The van der Waals surface area contributed by atoms with Crippen molar-refractivity contribution in [3.05, 3.63) is 35.8 Å². The van der Waals surface area contributed by atoms with Gasteiger partial charge in [0.05, 0.1) is 18.9 Å². The van der Waals surface area contributed by atoms with Crippen LogP contribution in [-0.4, -0.2) is 16.6 Å². The molecule has 1 heterocycles. The number of halogens is 1. The SMILES string of the molecule is N#CC1=CCC(COc2ncc(F)c(N)n2)C=C1. The molecule has 1 unspecified atom stereocenters. The molecule has 1 aromatic heterocycles. The van der Waals surface area contributed by atoms with Crippen LogP contribution < -0.4 is 10.5 Å². The second-order valence-electron chi connectivity index (χ2n) is 3.82. The van der Waals surface area contributed by atoms with Gasteiger partial charge in [0, 0.05) is 11.5 Å². The predicted molar refractivity (Wildman–Crippen MR) is 62.8 cm³/mol. The van der Waals surface area contributed by atoms with Gasteiger partial charge >= 0.3 is 6.01 Å². The third kappa shape index (κ3) is 2.83. The van der Waals surface area contributed by atoms with E-state index in [9.17, 15) is 4.39 Å². The fourth-order valence-electron chi connectivity index (χ4n) is 1.49. The highest BCUT2D eigenvalue weighted by Gasteiger charge is 2.11. The minimum Gasteiger partial charge on any atom is -0.463 e. The first kappa shape index (κ1) is 12.0. The van der Waals surface area contributed by atoms with Crippen molar-refractivity contribution in [1.29, 1.82) is 5.26 Å². The molecule has 0 bridgehead atoms. The van der Waals surface area contributed by atoms with Crippen LogP contribution in [0.3, 0.4) is 0 Å². The molecule has 1 atom stereocenters. The minimum atomic E-state index is -0.665. The van der Waals surface area contributed by atoms with Gasteiger partial charge in [-0.2, -0.15) is 10.2 Å². The van der Waals surface area contributed by atoms with E-state index in [-0.39, 0.29) is 17.7 Å². The van der Waals surface area contributed by atoms with E-state index < -0.39 is 5.82 Å². The fraction of sp³-hybridized carbons (Fsp3) is 0.250. The second-order valence-corrected chi connectivity index (χ2v) is 3.82. The summed E-state index contributed by atoms with van der Waals surface area (Å²) < 4.78 is 18.1. The molecule has 0 aliphatic heterocycles. The van der Waals surface area contributed by atoms with Crippen molar-refractivity contribution in [3.63, 3.8) is 0 Å². The summed E-state index contributed by atoms with van der Waals surface area (Å²) in [5.41, 5.74) is 5.95. The Balaban J connectivity index is 1.90. The molecule has 0 radical (unpaired) electrons. The molecule has 0 amide bonds. The number of nitrogens with zero attached hydrogens (tertiary/aromatic N) is 3. The van der Waals surface area contributed by atoms with Crippen LogP contribution in [0.15, 0.2) is 30.0 Å². The van der Waals surface area contributed by atoms with Gasteiger partial charge in [0.15, 0.2) is 11.6 Å². The molecule has 1 aliphatic carbocycles. The smallest absolute Gasteiger partial charge is 0.318 e. The Bertz CT molecular complexity index is 547. The van der Waals surface area contributed by atoms with E-state index in [1.54, 1.807) is 6.08 Å². The number of ether oxygens (including phenoxy) is 1. The van der Waals surface area contributed by atoms with E-state index in [0.717, 1.165) is 12.6 Å². The van der Waals surface area contributed by atoms with E-state index in [1.807, 2.05) is 12.2 Å². The summed E-state index contributed by atoms with van der Waals surface area (Å²) in [6, 6.07) is 2.12. The molecule has 0 aromatic carbocycles. The number of hydrogen-bond donors (Lipinski definition) is 1. The third-order valence-corrected chi connectivity index (χ3v) is 2.49. The maximum atomic E-state index is 12.8. The van der Waals surface area contributed by atoms with Crippen molar-refractivity contribution in [2.75, 3.05) is 12.3 Å². The van der Waals surface area contributed by atoms with Gasteiger partial charge in [-0.25, -0.2) is 9.37 Å². The molecule has 5 nitrogen and oxygen atoms in total. The van der Waals surface area contributed by atoms with E-state index in [4.69, 9.17) is 15.7 Å². The molecule has 0 saturated heterocycles. The second kappa shape index (κ2) is 5.27. The Hall–Kier alpha value is -2.42. The van der Waals surface area contributed by atoms with Crippen LogP contribution in [0.2, 0.25) is 0 Å². The Morgan fingerprint density at radius 3 is 3.06 bits per heavy atom. The number of nitrogens with two attached hydrogens (primary N) is 1. The lowest BCUT2D eigenvalue weighted by atomic mass is 9.98. The Kier molecular flexibility index (Phi) is 3.53. The van der Waals surface area contributed by atoms with Crippen LogP contribution in [0, 0.1) is 23.1 Å². The summed E-state index contributed by atoms with van der Waals surface area (Å²) in [7, 11) is 0. The number of hydrogen-bond acceptors (Lipinski definition) is 5. The monoisotopic (exact) mass is 246 g/mol. The summed E-state index contributed by atoms with van der Waals surface area (Å²) >= 11 is 0. The largest absolute Gasteiger partial charge is 0.463 e. The first-order valence-electron chi connectivity index (χ1n) is 5.38. The van der Waals surface area contributed by atoms with Gasteiger partial charge in [-0.1, -0.05) is 12.2 Å². The van der Waals surface area contributed by atoms with Gasteiger partial charge < -0.3 is 10.5 Å². The number of nitrogen functional groups attached to an aromatic ring is 1. The van der Waals surface area contributed by atoms with Gasteiger partial charge in [0.1, 0.15) is 0 Å².